The number of hydrogen-bond donors (Lipinski definition) is 2. The summed E-state index contributed by atoms with van der Waals surface area (Å²) < 4.78 is 0. The topological polar surface area (TPSA) is 103 Å². The molecule has 2 N–H and O–H groups in total. The minimum atomic E-state index is -1.10. The van der Waals surface area contributed by atoms with Gasteiger partial charge in [0.05, 0.1) is 0 Å². The van der Waals surface area contributed by atoms with Crippen molar-refractivity contribution in [2.24, 2.45) is 4.99 Å². The minimum absolute atomic E-state index is 0.0602. The van der Waals surface area contributed by atoms with Crippen molar-refractivity contribution in [2.75, 3.05) is 11.5 Å². The normalized spacial score (nSPS) is 20.9. The Kier molecular flexibility index (Phi) is 6.43. The molecule has 1 fully saturated rings. The fourth-order valence-corrected chi connectivity index (χ4v) is 5.54. The molecule has 0 spiro atoms. The number of carboxylic acid groups (broad SMARTS) is 1. The fraction of sp³-hybridized carbons (Fsp3) is 0.182. The van der Waals surface area contributed by atoms with Crippen molar-refractivity contribution in [3.8, 4) is 5.75 Å². The van der Waals surface area contributed by atoms with E-state index in [1.807, 2.05) is 23.6 Å². The molecule has 31 heavy (non-hydrogen) atoms. The van der Waals surface area contributed by atoms with Gasteiger partial charge in [-0.3, -0.25) is 19.7 Å². The first-order chi connectivity index (χ1) is 15.1. The van der Waals surface area contributed by atoms with Crippen molar-refractivity contribution in [3.05, 3.63) is 76.6 Å². The van der Waals surface area contributed by atoms with Crippen LogP contribution in [0.4, 0.5) is 0 Å². The molecule has 158 valence electrons. The number of β-lactam (4-membered cyclic amide) rings is 1. The van der Waals surface area contributed by atoms with E-state index in [0.29, 0.717) is 22.6 Å². The van der Waals surface area contributed by atoms with Gasteiger partial charge in [-0.1, -0.05) is 18.2 Å². The van der Waals surface area contributed by atoms with Gasteiger partial charge in [0.1, 0.15) is 16.8 Å². The van der Waals surface area contributed by atoms with Gasteiger partial charge in [-0.15, -0.1) is 23.5 Å². The highest BCUT2D eigenvalue weighted by atomic mass is 32.2. The van der Waals surface area contributed by atoms with Crippen molar-refractivity contribution in [2.45, 2.75) is 11.4 Å². The number of para-hydroxylation sites is 1. The third-order valence-electron chi connectivity index (χ3n) is 4.83. The van der Waals surface area contributed by atoms with E-state index in [9.17, 15) is 19.8 Å². The molecular weight excluding hydrogens is 434 g/mol. The number of nitrogens with zero attached hydrogens (tertiary/aromatic N) is 3. The van der Waals surface area contributed by atoms with Gasteiger partial charge in [-0.05, 0) is 40.8 Å². The molecule has 2 aromatic rings. The van der Waals surface area contributed by atoms with Gasteiger partial charge in [0.2, 0.25) is 0 Å². The number of phenols is 1. The summed E-state index contributed by atoms with van der Waals surface area (Å²) in [6.45, 7) is 0. The van der Waals surface area contributed by atoms with Crippen molar-refractivity contribution in [3.63, 3.8) is 0 Å². The molecule has 0 radical (unpaired) electrons. The van der Waals surface area contributed by atoms with Crippen LogP contribution in [-0.2, 0) is 9.59 Å². The Hall–Kier alpha value is -3.04. The van der Waals surface area contributed by atoms with E-state index >= 15 is 0 Å². The summed E-state index contributed by atoms with van der Waals surface area (Å²) in [5.74, 6) is -0.362. The lowest BCUT2D eigenvalue weighted by atomic mass is 10.0. The van der Waals surface area contributed by atoms with Crippen LogP contribution in [0.5, 0.6) is 5.75 Å². The maximum Gasteiger partial charge on any atom is 0.352 e. The lowest BCUT2D eigenvalue weighted by Crippen LogP contribution is -2.64. The van der Waals surface area contributed by atoms with Gasteiger partial charge in [-0.25, -0.2) is 4.79 Å². The molecule has 1 unspecified atom stereocenters. The van der Waals surface area contributed by atoms with Gasteiger partial charge < -0.3 is 10.2 Å². The highest BCUT2D eigenvalue weighted by Crippen LogP contribution is 2.42. The van der Waals surface area contributed by atoms with Crippen LogP contribution in [0.3, 0.4) is 0 Å². The van der Waals surface area contributed by atoms with Crippen LogP contribution in [0.15, 0.2) is 70.5 Å². The molecule has 3 heterocycles. The second-order valence-electron chi connectivity index (χ2n) is 6.85. The Bertz CT molecular complexity index is 1090. The fourth-order valence-electron chi connectivity index (χ4n) is 3.29. The molecule has 1 amide bonds. The monoisotopic (exact) mass is 453 g/mol. The lowest BCUT2D eigenvalue weighted by Gasteiger charge is -2.47. The van der Waals surface area contributed by atoms with Crippen molar-refractivity contribution in [1.82, 2.24) is 9.88 Å². The molecule has 0 aliphatic carbocycles. The summed E-state index contributed by atoms with van der Waals surface area (Å²) in [6.07, 6.45) is 6.83. The summed E-state index contributed by atoms with van der Waals surface area (Å²) in [5.41, 5.74) is 2.25. The number of fused-ring (bicyclic) bond motifs is 1. The van der Waals surface area contributed by atoms with E-state index in [-0.39, 0.29) is 22.7 Å². The molecule has 1 aromatic carbocycles. The molecule has 0 bridgehead atoms. The molecule has 2 atom stereocenters. The first-order valence-corrected chi connectivity index (χ1v) is 11.6. The third kappa shape index (κ3) is 4.52. The molecule has 4 rings (SSSR count). The first kappa shape index (κ1) is 21.2. The van der Waals surface area contributed by atoms with Gasteiger partial charge in [0.25, 0.3) is 5.91 Å². The first-order valence-electron chi connectivity index (χ1n) is 9.45. The number of carbonyl (C=O) groups excluding carboxylic acids is 1. The largest absolute Gasteiger partial charge is 0.507 e. The quantitative estimate of drug-likeness (QED) is 0.490. The number of thioether (sulfide) groups is 2. The average Bonchev–Trinajstić information content (AvgIpc) is 2.78. The van der Waals surface area contributed by atoms with Crippen molar-refractivity contribution in [1.29, 1.82) is 0 Å². The molecule has 1 saturated heterocycles. The molecule has 1 aromatic heterocycles. The number of carboxylic acids is 1. The molecule has 0 saturated carbocycles. The number of amides is 1. The number of benzene rings is 1. The number of aliphatic imine (C=N–C) groups is 1. The zero-order chi connectivity index (χ0) is 21.8. The van der Waals surface area contributed by atoms with Crippen molar-refractivity contribution < 1.29 is 19.8 Å². The second kappa shape index (κ2) is 9.40. The highest BCUT2D eigenvalue weighted by Gasteiger charge is 2.53. The smallest absolute Gasteiger partial charge is 0.352 e. The van der Waals surface area contributed by atoms with E-state index in [0.717, 1.165) is 5.56 Å². The average molecular weight is 454 g/mol. The van der Waals surface area contributed by atoms with Gasteiger partial charge in [0, 0.05) is 35.7 Å². The van der Waals surface area contributed by atoms with Crippen LogP contribution >= 0.6 is 23.5 Å². The number of aromatic nitrogens is 1. The maximum atomic E-state index is 12.7. The third-order valence-corrected chi connectivity index (χ3v) is 7.00. The summed E-state index contributed by atoms with van der Waals surface area (Å²) in [4.78, 5) is 34.3. The van der Waals surface area contributed by atoms with E-state index in [1.165, 1.54) is 34.6 Å². The standard InChI is InChI=1S/C22H19N3O4S2/c26-17-6-2-1-5-15(17)11-24-18-20(27)25-19(22(28)29)16(13-31-21(18)25)12-30-9-7-14-4-3-8-23-10-14/h1-11,18,21,26H,12-13H2,(H,28,29)/b9-7-,24-11?/t18?,21-/m1/s1. The van der Waals surface area contributed by atoms with Crippen LogP contribution in [0.25, 0.3) is 6.08 Å². The minimum Gasteiger partial charge on any atom is -0.507 e. The number of pyridine rings is 1. The zero-order valence-electron chi connectivity index (χ0n) is 16.3. The molecular formula is C22H19N3O4S2. The number of aliphatic carboxylic acids is 1. The number of hydrogen-bond acceptors (Lipinski definition) is 7. The van der Waals surface area contributed by atoms with Crippen LogP contribution in [0.2, 0.25) is 0 Å². The summed E-state index contributed by atoms with van der Waals surface area (Å²) in [7, 11) is 0. The predicted octanol–water partition coefficient (Wildman–Crippen LogP) is 3.23. The Morgan fingerprint density at radius 2 is 2.16 bits per heavy atom. The lowest BCUT2D eigenvalue weighted by molar-refractivity contribution is -0.147. The van der Waals surface area contributed by atoms with E-state index in [4.69, 9.17) is 0 Å². The van der Waals surface area contributed by atoms with Crippen molar-refractivity contribution >= 4 is 47.7 Å². The highest BCUT2D eigenvalue weighted by molar-refractivity contribution is 8.02. The SMILES string of the molecule is O=C(O)C1=C(CS/C=C\c2cccnc2)CS[C@@H]2C(N=Cc3ccccc3O)C(=O)N12. The van der Waals surface area contributed by atoms with Crippen LogP contribution in [0.1, 0.15) is 11.1 Å². The Balaban J connectivity index is 1.45. The summed E-state index contributed by atoms with van der Waals surface area (Å²) in [5, 5.41) is 21.1. The Morgan fingerprint density at radius 3 is 2.90 bits per heavy atom. The van der Waals surface area contributed by atoms with Crippen LogP contribution in [-0.4, -0.2) is 61.1 Å². The van der Waals surface area contributed by atoms with E-state index in [2.05, 4.69) is 9.98 Å². The zero-order valence-corrected chi connectivity index (χ0v) is 17.9. The Morgan fingerprint density at radius 1 is 1.32 bits per heavy atom. The van der Waals surface area contributed by atoms with Crippen LogP contribution < -0.4 is 0 Å². The van der Waals surface area contributed by atoms with E-state index < -0.39 is 12.0 Å². The predicted molar refractivity (Wildman–Crippen MR) is 123 cm³/mol. The molecule has 2 aliphatic heterocycles. The summed E-state index contributed by atoms with van der Waals surface area (Å²) in [6, 6.07) is 9.84. The van der Waals surface area contributed by atoms with Gasteiger partial charge >= 0.3 is 5.97 Å². The van der Waals surface area contributed by atoms with Gasteiger partial charge in [-0.2, -0.15) is 0 Å². The molecule has 9 heteroatoms. The molecule has 7 nitrogen and oxygen atoms in total. The number of phenolic OH excluding ortho intramolecular Hbond substituents is 1. The number of aromatic hydroxyl groups is 1. The second-order valence-corrected chi connectivity index (χ2v) is 8.85. The van der Waals surface area contributed by atoms with Crippen LogP contribution in [0, 0.1) is 0 Å². The molecule has 2 aliphatic rings. The maximum absolute atomic E-state index is 12.7. The summed E-state index contributed by atoms with van der Waals surface area (Å²) >= 11 is 2.98. The number of rotatable bonds is 7. The van der Waals surface area contributed by atoms with Gasteiger partial charge in [0.15, 0.2) is 6.04 Å². The van der Waals surface area contributed by atoms with E-state index in [1.54, 1.807) is 36.7 Å². The number of carbonyl (C=O) groups is 2. The Labute approximate surface area is 187 Å².